The lowest BCUT2D eigenvalue weighted by Crippen LogP contribution is -2.52. The van der Waals surface area contributed by atoms with E-state index in [9.17, 15) is 14.0 Å². The molecule has 1 aliphatic heterocycles. The number of benzene rings is 1. The molecule has 5 nitrogen and oxygen atoms in total. The zero-order chi connectivity index (χ0) is 18.2. The Morgan fingerprint density at radius 1 is 1.24 bits per heavy atom. The van der Waals surface area contributed by atoms with Crippen LogP contribution < -0.4 is 5.32 Å². The predicted octanol–water partition coefficient (Wildman–Crippen LogP) is 2.49. The largest absolute Gasteiger partial charge is 0.340 e. The van der Waals surface area contributed by atoms with Crippen LogP contribution in [0.5, 0.6) is 0 Å². The fourth-order valence-electron chi connectivity index (χ4n) is 3.06. The molecule has 3 rings (SSSR count). The van der Waals surface area contributed by atoms with Crippen LogP contribution in [0.1, 0.15) is 13.3 Å². The van der Waals surface area contributed by atoms with Crippen molar-refractivity contribution in [1.29, 1.82) is 0 Å². The highest BCUT2D eigenvalue weighted by molar-refractivity contribution is 6.53. The summed E-state index contributed by atoms with van der Waals surface area (Å²) in [6.07, 6.45) is 0.470. The van der Waals surface area contributed by atoms with Crippen LogP contribution in [0.4, 0.5) is 10.1 Å². The monoisotopic (exact) mass is 387 g/mol. The molecule has 0 spiro atoms. The lowest BCUT2D eigenvalue weighted by atomic mass is 10.1. The molecule has 0 aromatic heterocycles. The fraction of sp³-hybridized carbons (Fsp3) is 0.529. The summed E-state index contributed by atoms with van der Waals surface area (Å²) in [4.78, 5) is 28.3. The number of carbonyl (C=O) groups excluding carboxylic acids is 2. The van der Waals surface area contributed by atoms with E-state index >= 15 is 0 Å². The first-order valence-electron chi connectivity index (χ1n) is 8.16. The standard InChI is InChI=1S/C17H20Cl2FN3O2/c1-16(11-17(16,18)19)15(25)23-7-5-22(6-8-23)10-14(24)21-13-4-2-3-12(20)9-13/h2-4,9H,5-8,10-11H2,1H3,(H,21,24)/t16-/m1/s1. The predicted molar refractivity (Wildman–Crippen MR) is 95.2 cm³/mol. The van der Waals surface area contributed by atoms with E-state index < -0.39 is 15.6 Å². The first kappa shape index (κ1) is 18.4. The highest BCUT2D eigenvalue weighted by Crippen LogP contribution is 2.64. The van der Waals surface area contributed by atoms with E-state index in [-0.39, 0.29) is 18.4 Å². The molecule has 1 aromatic rings. The Labute approximate surface area is 156 Å². The number of carbonyl (C=O) groups is 2. The highest BCUT2D eigenvalue weighted by Gasteiger charge is 2.68. The second-order valence-electron chi connectivity index (χ2n) is 6.84. The number of hydrogen-bond acceptors (Lipinski definition) is 3. The number of piperazine rings is 1. The molecule has 1 aromatic carbocycles. The summed E-state index contributed by atoms with van der Waals surface area (Å²) in [6, 6.07) is 5.78. The van der Waals surface area contributed by atoms with Gasteiger partial charge < -0.3 is 10.2 Å². The maximum Gasteiger partial charge on any atom is 0.238 e. The van der Waals surface area contributed by atoms with E-state index in [0.29, 0.717) is 38.3 Å². The summed E-state index contributed by atoms with van der Waals surface area (Å²) < 4.78 is 12.2. The minimum Gasteiger partial charge on any atom is -0.340 e. The summed E-state index contributed by atoms with van der Waals surface area (Å²) in [6.45, 7) is 4.24. The fourth-order valence-corrected chi connectivity index (χ4v) is 3.76. The molecule has 1 heterocycles. The third-order valence-corrected chi connectivity index (χ3v) is 5.97. The summed E-state index contributed by atoms with van der Waals surface area (Å²) >= 11 is 12.2. The average Bonchev–Trinajstić information content (AvgIpc) is 3.07. The number of hydrogen-bond donors (Lipinski definition) is 1. The Hall–Kier alpha value is -1.37. The molecule has 1 saturated heterocycles. The van der Waals surface area contributed by atoms with Gasteiger partial charge in [-0.1, -0.05) is 6.07 Å². The maximum atomic E-state index is 13.1. The molecular weight excluding hydrogens is 368 g/mol. The molecule has 1 saturated carbocycles. The SMILES string of the molecule is C[C@]1(C(=O)N2CCN(CC(=O)Nc3cccc(F)c3)CC2)CC1(Cl)Cl. The molecule has 1 aliphatic carbocycles. The number of halogens is 3. The van der Waals surface area contributed by atoms with Crippen molar-refractivity contribution in [3.8, 4) is 0 Å². The quantitative estimate of drug-likeness (QED) is 0.807. The van der Waals surface area contributed by atoms with Crippen molar-refractivity contribution in [2.24, 2.45) is 5.41 Å². The van der Waals surface area contributed by atoms with Crippen molar-refractivity contribution in [3.05, 3.63) is 30.1 Å². The van der Waals surface area contributed by atoms with Crippen LogP contribution in [0.15, 0.2) is 24.3 Å². The van der Waals surface area contributed by atoms with Gasteiger partial charge >= 0.3 is 0 Å². The summed E-state index contributed by atoms with van der Waals surface area (Å²) in [7, 11) is 0. The molecule has 1 atom stereocenters. The van der Waals surface area contributed by atoms with E-state index in [4.69, 9.17) is 23.2 Å². The third kappa shape index (κ3) is 3.91. The average molecular weight is 388 g/mol. The lowest BCUT2D eigenvalue weighted by molar-refractivity contribution is -0.138. The summed E-state index contributed by atoms with van der Waals surface area (Å²) in [5.41, 5.74) is -0.270. The normalized spacial score (nSPS) is 25.5. The number of anilines is 1. The molecule has 2 aliphatic rings. The lowest BCUT2D eigenvalue weighted by Gasteiger charge is -2.36. The van der Waals surface area contributed by atoms with E-state index in [1.54, 1.807) is 24.0 Å². The second kappa shape index (κ2) is 6.74. The summed E-state index contributed by atoms with van der Waals surface area (Å²) in [5, 5.41) is 2.67. The van der Waals surface area contributed by atoms with Gasteiger partial charge in [0.1, 0.15) is 10.2 Å². The van der Waals surface area contributed by atoms with Gasteiger partial charge in [0.15, 0.2) is 0 Å². The first-order valence-corrected chi connectivity index (χ1v) is 8.92. The van der Waals surface area contributed by atoms with Gasteiger partial charge in [0.25, 0.3) is 0 Å². The van der Waals surface area contributed by atoms with Crippen LogP contribution in [-0.2, 0) is 9.59 Å². The first-order chi connectivity index (χ1) is 11.7. The van der Waals surface area contributed by atoms with Gasteiger partial charge in [-0.15, -0.1) is 23.2 Å². The van der Waals surface area contributed by atoms with E-state index in [1.807, 2.05) is 4.90 Å². The highest BCUT2D eigenvalue weighted by atomic mass is 35.5. The van der Waals surface area contributed by atoms with Crippen LogP contribution in [-0.4, -0.2) is 58.7 Å². The molecule has 2 amide bonds. The maximum absolute atomic E-state index is 13.1. The van der Waals surface area contributed by atoms with Gasteiger partial charge in [0, 0.05) is 31.9 Å². The van der Waals surface area contributed by atoms with Crippen LogP contribution >= 0.6 is 23.2 Å². The second-order valence-corrected chi connectivity index (χ2v) is 8.32. The number of rotatable bonds is 4. The Balaban J connectivity index is 1.46. The minimum atomic E-state index is -0.966. The van der Waals surface area contributed by atoms with Gasteiger partial charge in [-0.25, -0.2) is 4.39 Å². The topological polar surface area (TPSA) is 52.7 Å². The van der Waals surface area contributed by atoms with Crippen molar-refractivity contribution >= 4 is 40.7 Å². The molecular formula is C17H20Cl2FN3O2. The van der Waals surface area contributed by atoms with E-state index in [0.717, 1.165) is 0 Å². The Bertz CT molecular complexity index is 692. The van der Waals surface area contributed by atoms with Crippen LogP contribution in [0, 0.1) is 11.2 Å². The van der Waals surface area contributed by atoms with Crippen LogP contribution in [0.3, 0.4) is 0 Å². The Morgan fingerprint density at radius 3 is 2.44 bits per heavy atom. The zero-order valence-corrected chi connectivity index (χ0v) is 15.4. The van der Waals surface area contributed by atoms with Gasteiger partial charge in [-0.3, -0.25) is 14.5 Å². The molecule has 2 fully saturated rings. The number of amides is 2. The van der Waals surface area contributed by atoms with Gasteiger partial charge in [-0.2, -0.15) is 0 Å². The van der Waals surface area contributed by atoms with E-state index in [2.05, 4.69) is 5.32 Å². The van der Waals surface area contributed by atoms with Crippen LogP contribution in [0.2, 0.25) is 0 Å². The van der Waals surface area contributed by atoms with Crippen molar-refractivity contribution < 1.29 is 14.0 Å². The zero-order valence-electron chi connectivity index (χ0n) is 13.9. The van der Waals surface area contributed by atoms with Gasteiger partial charge in [-0.05, 0) is 31.5 Å². The smallest absolute Gasteiger partial charge is 0.238 e. The number of alkyl halides is 2. The number of nitrogens with zero attached hydrogens (tertiary/aromatic N) is 2. The molecule has 136 valence electrons. The van der Waals surface area contributed by atoms with Crippen molar-refractivity contribution in [3.63, 3.8) is 0 Å². The van der Waals surface area contributed by atoms with Crippen LogP contribution in [0.25, 0.3) is 0 Å². The molecule has 0 radical (unpaired) electrons. The van der Waals surface area contributed by atoms with E-state index in [1.165, 1.54) is 12.1 Å². The minimum absolute atomic E-state index is 0.0265. The Kier molecular flexibility index (Phi) is 4.97. The molecule has 1 N–H and O–H groups in total. The summed E-state index contributed by atoms with van der Waals surface area (Å²) in [5.74, 6) is -0.630. The molecule has 25 heavy (non-hydrogen) atoms. The van der Waals surface area contributed by atoms with Crippen molar-refractivity contribution in [2.45, 2.75) is 17.7 Å². The third-order valence-electron chi connectivity index (χ3n) is 4.86. The molecule has 0 bridgehead atoms. The number of nitrogens with one attached hydrogen (secondary N) is 1. The van der Waals surface area contributed by atoms with Crippen molar-refractivity contribution in [1.82, 2.24) is 9.80 Å². The van der Waals surface area contributed by atoms with Crippen molar-refractivity contribution in [2.75, 3.05) is 38.0 Å². The van der Waals surface area contributed by atoms with Gasteiger partial charge in [0.05, 0.1) is 12.0 Å². The molecule has 8 heteroatoms. The molecule has 0 unspecified atom stereocenters. The van der Waals surface area contributed by atoms with Gasteiger partial charge in [0.2, 0.25) is 11.8 Å². The Morgan fingerprint density at radius 2 is 1.88 bits per heavy atom.